The molecule has 0 spiro atoms. The van der Waals surface area contributed by atoms with E-state index in [0.29, 0.717) is 37.9 Å². The number of nitrogens with zero attached hydrogens (tertiary/aromatic N) is 1. The predicted molar refractivity (Wildman–Crippen MR) is 67.0 cm³/mol. The quantitative estimate of drug-likeness (QED) is 0.822. The van der Waals surface area contributed by atoms with Crippen molar-refractivity contribution < 1.29 is 14.0 Å². The van der Waals surface area contributed by atoms with Gasteiger partial charge in [-0.15, -0.1) is 0 Å². The maximum absolute atomic E-state index is 13.3. The summed E-state index contributed by atoms with van der Waals surface area (Å²) < 4.78 is 13.3. The fraction of sp³-hybridized carbons (Fsp3) is 0.429. The number of amides is 1. The van der Waals surface area contributed by atoms with E-state index in [9.17, 15) is 14.0 Å². The van der Waals surface area contributed by atoms with Crippen LogP contribution in [0.3, 0.4) is 0 Å². The third kappa shape index (κ3) is 2.75. The molecule has 0 atom stereocenters. The van der Waals surface area contributed by atoms with Crippen molar-refractivity contribution >= 4 is 17.4 Å². The molecule has 0 N–H and O–H groups in total. The molecular formula is C14H16FNO2. The predicted octanol–water partition coefficient (Wildman–Crippen LogP) is 2.47. The molecule has 1 aromatic carbocycles. The summed E-state index contributed by atoms with van der Waals surface area (Å²) in [7, 11) is 0. The van der Waals surface area contributed by atoms with Crippen molar-refractivity contribution in [2.24, 2.45) is 0 Å². The van der Waals surface area contributed by atoms with Crippen LogP contribution in [0.4, 0.5) is 10.1 Å². The molecular weight excluding hydrogens is 233 g/mol. The molecule has 3 nitrogen and oxygen atoms in total. The maximum atomic E-state index is 13.3. The first-order valence-corrected chi connectivity index (χ1v) is 6.16. The Labute approximate surface area is 106 Å². The monoisotopic (exact) mass is 249 g/mol. The Morgan fingerprint density at radius 1 is 1.39 bits per heavy atom. The van der Waals surface area contributed by atoms with Crippen molar-refractivity contribution in [3.8, 4) is 0 Å². The standard InChI is InChI=1S/C14H16FNO2/c1-10(17)3-2-8-16-13-9-12(15)6-4-11(13)5-7-14(16)18/h4,6,9H,2-3,5,7-8H2,1H3. The number of hydrogen-bond acceptors (Lipinski definition) is 2. The molecule has 0 radical (unpaired) electrons. The SMILES string of the molecule is CC(=O)CCCN1C(=O)CCc2ccc(F)cc21. The van der Waals surface area contributed by atoms with E-state index in [2.05, 4.69) is 0 Å². The first-order chi connectivity index (χ1) is 8.58. The van der Waals surface area contributed by atoms with Crippen LogP contribution in [0.5, 0.6) is 0 Å². The van der Waals surface area contributed by atoms with Gasteiger partial charge in [0.15, 0.2) is 0 Å². The van der Waals surface area contributed by atoms with E-state index in [1.807, 2.05) is 0 Å². The van der Waals surface area contributed by atoms with E-state index >= 15 is 0 Å². The van der Waals surface area contributed by atoms with Crippen LogP contribution in [0.25, 0.3) is 0 Å². The van der Waals surface area contributed by atoms with Crippen LogP contribution in [0.1, 0.15) is 31.7 Å². The highest BCUT2D eigenvalue weighted by Gasteiger charge is 2.24. The highest BCUT2D eigenvalue weighted by atomic mass is 19.1. The molecule has 0 aromatic heterocycles. The summed E-state index contributed by atoms with van der Waals surface area (Å²) in [4.78, 5) is 24.4. The van der Waals surface area contributed by atoms with Crippen molar-refractivity contribution in [2.45, 2.75) is 32.6 Å². The second kappa shape index (κ2) is 5.29. The molecule has 2 rings (SSSR count). The fourth-order valence-electron chi connectivity index (χ4n) is 2.24. The van der Waals surface area contributed by atoms with E-state index in [1.54, 1.807) is 11.0 Å². The summed E-state index contributed by atoms with van der Waals surface area (Å²) >= 11 is 0. The zero-order valence-electron chi connectivity index (χ0n) is 10.4. The van der Waals surface area contributed by atoms with Crippen LogP contribution >= 0.6 is 0 Å². The second-order valence-electron chi connectivity index (χ2n) is 4.62. The number of hydrogen-bond donors (Lipinski definition) is 0. The highest BCUT2D eigenvalue weighted by molar-refractivity contribution is 5.96. The molecule has 18 heavy (non-hydrogen) atoms. The minimum absolute atomic E-state index is 0.0108. The van der Waals surface area contributed by atoms with Crippen LogP contribution in [-0.2, 0) is 16.0 Å². The van der Waals surface area contributed by atoms with Crippen LogP contribution in [-0.4, -0.2) is 18.2 Å². The van der Waals surface area contributed by atoms with Gasteiger partial charge in [0.2, 0.25) is 5.91 Å². The Balaban J connectivity index is 2.16. The van der Waals surface area contributed by atoms with E-state index in [4.69, 9.17) is 0 Å². The van der Waals surface area contributed by atoms with Gasteiger partial charge in [-0.1, -0.05) is 6.07 Å². The topological polar surface area (TPSA) is 37.4 Å². The lowest BCUT2D eigenvalue weighted by Crippen LogP contribution is -2.36. The van der Waals surface area contributed by atoms with Gasteiger partial charge in [0.25, 0.3) is 0 Å². The Morgan fingerprint density at radius 2 is 2.17 bits per heavy atom. The number of aryl methyl sites for hydroxylation is 1. The molecule has 0 bridgehead atoms. The minimum atomic E-state index is -0.333. The third-order valence-corrected chi connectivity index (χ3v) is 3.16. The Kier molecular flexibility index (Phi) is 3.75. The molecule has 0 aliphatic carbocycles. The average Bonchev–Trinajstić information content (AvgIpc) is 2.31. The number of Topliss-reactive ketones (excluding diaryl/α,β-unsaturated/α-hetero) is 1. The van der Waals surface area contributed by atoms with E-state index in [0.717, 1.165) is 5.56 Å². The molecule has 1 heterocycles. The Bertz CT molecular complexity index is 485. The van der Waals surface area contributed by atoms with Gasteiger partial charge in [-0.3, -0.25) is 4.79 Å². The maximum Gasteiger partial charge on any atom is 0.227 e. The highest BCUT2D eigenvalue weighted by Crippen LogP contribution is 2.28. The summed E-state index contributed by atoms with van der Waals surface area (Å²) in [6, 6.07) is 4.55. The minimum Gasteiger partial charge on any atom is -0.312 e. The smallest absolute Gasteiger partial charge is 0.227 e. The van der Waals surface area contributed by atoms with E-state index < -0.39 is 0 Å². The van der Waals surface area contributed by atoms with Gasteiger partial charge < -0.3 is 9.69 Å². The number of carbonyl (C=O) groups excluding carboxylic acids is 2. The summed E-state index contributed by atoms with van der Waals surface area (Å²) in [6.07, 6.45) is 2.20. The summed E-state index contributed by atoms with van der Waals surface area (Å²) in [5, 5.41) is 0. The molecule has 1 amide bonds. The molecule has 0 fully saturated rings. The Hall–Kier alpha value is -1.71. The largest absolute Gasteiger partial charge is 0.312 e. The lowest BCUT2D eigenvalue weighted by atomic mass is 10.0. The zero-order valence-corrected chi connectivity index (χ0v) is 10.4. The number of rotatable bonds is 4. The van der Waals surface area contributed by atoms with Crippen molar-refractivity contribution in [3.05, 3.63) is 29.6 Å². The van der Waals surface area contributed by atoms with E-state index in [1.165, 1.54) is 19.1 Å². The molecule has 1 aliphatic heterocycles. The number of anilines is 1. The van der Waals surface area contributed by atoms with Gasteiger partial charge >= 0.3 is 0 Å². The van der Waals surface area contributed by atoms with Crippen LogP contribution in [0.15, 0.2) is 18.2 Å². The average molecular weight is 249 g/mol. The van der Waals surface area contributed by atoms with Crippen molar-refractivity contribution in [1.82, 2.24) is 0 Å². The third-order valence-electron chi connectivity index (χ3n) is 3.16. The Morgan fingerprint density at radius 3 is 2.89 bits per heavy atom. The number of benzene rings is 1. The van der Waals surface area contributed by atoms with Crippen molar-refractivity contribution in [2.75, 3.05) is 11.4 Å². The fourth-order valence-corrected chi connectivity index (χ4v) is 2.24. The molecule has 4 heteroatoms. The molecule has 96 valence electrons. The van der Waals surface area contributed by atoms with Crippen LogP contribution < -0.4 is 4.90 Å². The summed E-state index contributed by atoms with van der Waals surface area (Å²) in [5.41, 5.74) is 1.66. The van der Waals surface area contributed by atoms with Crippen molar-refractivity contribution in [3.63, 3.8) is 0 Å². The first-order valence-electron chi connectivity index (χ1n) is 6.16. The van der Waals surface area contributed by atoms with Gasteiger partial charge in [-0.25, -0.2) is 4.39 Å². The summed E-state index contributed by atoms with van der Waals surface area (Å²) in [6.45, 7) is 2.01. The van der Waals surface area contributed by atoms with Crippen molar-refractivity contribution in [1.29, 1.82) is 0 Å². The lowest BCUT2D eigenvalue weighted by molar-refractivity contribution is -0.119. The van der Waals surface area contributed by atoms with Gasteiger partial charge in [0.05, 0.1) is 0 Å². The number of fused-ring (bicyclic) bond motifs is 1. The normalized spacial score (nSPS) is 14.6. The zero-order chi connectivity index (χ0) is 13.1. The molecule has 0 saturated heterocycles. The first kappa shape index (κ1) is 12.7. The van der Waals surface area contributed by atoms with Gasteiger partial charge in [-0.05, 0) is 37.5 Å². The number of carbonyl (C=O) groups is 2. The number of ketones is 1. The molecule has 0 saturated carbocycles. The van der Waals surface area contributed by atoms with Crippen LogP contribution in [0.2, 0.25) is 0 Å². The van der Waals surface area contributed by atoms with Gasteiger partial charge in [0, 0.05) is 25.1 Å². The van der Waals surface area contributed by atoms with Gasteiger partial charge in [0.1, 0.15) is 11.6 Å². The van der Waals surface area contributed by atoms with Crippen LogP contribution in [0, 0.1) is 5.82 Å². The molecule has 1 aliphatic rings. The summed E-state index contributed by atoms with van der Waals surface area (Å²) in [5.74, 6) is -0.212. The van der Waals surface area contributed by atoms with Gasteiger partial charge in [-0.2, -0.15) is 0 Å². The molecule has 1 aromatic rings. The number of halogens is 1. The molecule has 0 unspecified atom stereocenters. The lowest BCUT2D eigenvalue weighted by Gasteiger charge is -2.29. The second-order valence-corrected chi connectivity index (χ2v) is 4.62. The van der Waals surface area contributed by atoms with E-state index in [-0.39, 0.29) is 17.5 Å².